The first kappa shape index (κ1) is 45.9. The van der Waals surface area contributed by atoms with Crippen LogP contribution in [0.1, 0.15) is 12.8 Å². The lowest BCUT2D eigenvalue weighted by molar-refractivity contribution is -0.440. The van der Waals surface area contributed by atoms with Crippen LogP contribution in [-0.4, -0.2) is 97.0 Å². The number of amides is 2. The van der Waals surface area contributed by atoms with Crippen molar-refractivity contribution in [1.82, 2.24) is 5.32 Å². The number of carbonyl (C=O) groups is 2. The predicted octanol–water partition coefficient (Wildman–Crippen LogP) is 9.11. The molecular formula is C18H9F26NO4. The second kappa shape index (κ2) is 12.9. The quantitative estimate of drug-likeness (QED) is 0.178. The highest BCUT2D eigenvalue weighted by atomic mass is 19.4. The van der Waals surface area contributed by atoms with Gasteiger partial charge in [-0.15, -0.1) is 0 Å². The molecule has 5 nitrogen and oxygen atoms in total. The number of alkyl carbamates (subject to hydrolysis) is 2. The van der Waals surface area contributed by atoms with E-state index in [2.05, 4.69) is 9.47 Å². The van der Waals surface area contributed by atoms with Gasteiger partial charge in [0.15, 0.2) is 0 Å². The van der Waals surface area contributed by atoms with E-state index < -0.39 is 110 Å². The Hall–Kier alpha value is -3.08. The molecule has 0 saturated heterocycles. The van der Waals surface area contributed by atoms with Crippen LogP contribution < -0.4 is 5.32 Å². The summed E-state index contributed by atoms with van der Waals surface area (Å²) in [6, 6.07) is 0. The van der Waals surface area contributed by atoms with E-state index in [-0.39, 0.29) is 0 Å². The minimum absolute atomic E-state index is 0.440. The summed E-state index contributed by atoms with van der Waals surface area (Å²) in [5.41, 5.74) is 0. The van der Waals surface area contributed by atoms with Crippen LogP contribution in [0.15, 0.2) is 0 Å². The van der Waals surface area contributed by atoms with Gasteiger partial charge in [0.1, 0.15) is 0 Å². The van der Waals surface area contributed by atoms with E-state index in [0.29, 0.717) is 5.32 Å². The van der Waals surface area contributed by atoms with Crippen LogP contribution in [0.5, 0.6) is 0 Å². The van der Waals surface area contributed by atoms with Crippen LogP contribution >= 0.6 is 0 Å². The Morgan fingerprint density at radius 2 is 0.551 bits per heavy atom. The summed E-state index contributed by atoms with van der Waals surface area (Å²) in [4.78, 5) is 22.3. The molecule has 0 rings (SSSR count). The highest BCUT2D eigenvalue weighted by Gasteiger charge is 2.92. The van der Waals surface area contributed by atoms with Crippen LogP contribution in [0.4, 0.5) is 124 Å². The van der Waals surface area contributed by atoms with E-state index in [0.717, 1.165) is 0 Å². The molecule has 2 amide bonds. The second-order valence-electron chi connectivity index (χ2n) is 8.90. The van der Waals surface area contributed by atoms with Crippen LogP contribution in [0, 0.1) is 0 Å². The van der Waals surface area contributed by atoms with Crippen LogP contribution in [-0.2, 0) is 9.47 Å². The molecule has 0 aromatic carbocycles. The zero-order chi connectivity index (χ0) is 40.1. The fourth-order valence-corrected chi connectivity index (χ4v) is 2.62. The minimum atomic E-state index is -8.29. The molecule has 0 aromatic rings. The summed E-state index contributed by atoms with van der Waals surface area (Å²) in [5, 5.41) is 0.440. The van der Waals surface area contributed by atoms with Crippen molar-refractivity contribution in [3.8, 4) is 0 Å². The first-order valence-electron chi connectivity index (χ1n) is 11.0. The molecule has 0 atom stereocenters. The van der Waals surface area contributed by atoms with Gasteiger partial charge in [-0.2, -0.15) is 114 Å². The normalized spacial score (nSPS) is 15.6. The number of ether oxygens (including phenoxy) is 2. The summed E-state index contributed by atoms with van der Waals surface area (Å²) < 4.78 is 344. The topological polar surface area (TPSA) is 64.6 Å². The molecule has 0 fully saturated rings. The maximum Gasteiger partial charge on any atom is 0.460 e. The van der Waals surface area contributed by atoms with Gasteiger partial charge in [-0.25, -0.2) is 14.9 Å². The maximum atomic E-state index is 13.6. The van der Waals surface area contributed by atoms with Crippen LogP contribution in [0.25, 0.3) is 0 Å². The Morgan fingerprint density at radius 3 is 0.755 bits per heavy atom. The molecule has 49 heavy (non-hydrogen) atoms. The third-order valence-corrected chi connectivity index (χ3v) is 5.50. The van der Waals surface area contributed by atoms with Crippen molar-refractivity contribution in [3.05, 3.63) is 0 Å². The average Bonchev–Trinajstić information content (AvgIpc) is 2.86. The molecule has 0 aromatic heterocycles. The van der Waals surface area contributed by atoms with Gasteiger partial charge in [-0.1, -0.05) is 0 Å². The van der Waals surface area contributed by atoms with Gasteiger partial charge in [0, 0.05) is 0 Å². The molecule has 0 aliphatic rings. The van der Waals surface area contributed by atoms with Crippen LogP contribution in [0.3, 0.4) is 0 Å². The number of alkyl halides is 26. The highest BCUT2D eigenvalue weighted by Crippen LogP contribution is 2.62. The summed E-state index contributed by atoms with van der Waals surface area (Å²) in [6.45, 7) is -5.04. The van der Waals surface area contributed by atoms with Gasteiger partial charge in [0.05, 0.1) is 26.1 Å². The molecule has 0 spiro atoms. The lowest BCUT2D eigenvalue weighted by Crippen LogP contribution is -2.70. The summed E-state index contributed by atoms with van der Waals surface area (Å²) in [5.74, 6) is -78.5. The Morgan fingerprint density at radius 1 is 0.347 bits per heavy atom. The Kier molecular flexibility index (Phi) is 12.1. The zero-order valence-electron chi connectivity index (χ0n) is 21.8. The van der Waals surface area contributed by atoms with E-state index in [1.54, 1.807) is 0 Å². The fourth-order valence-electron chi connectivity index (χ4n) is 2.62. The summed E-state index contributed by atoms with van der Waals surface area (Å²) in [7, 11) is 0. The third-order valence-electron chi connectivity index (χ3n) is 5.50. The van der Waals surface area contributed by atoms with Crippen LogP contribution in [0.2, 0.25) is 0 Å². The molecule has 0 aliphatic carbocycles. The molecule has 292 valence electrons. The molecular weight excluding hydrogens is 788 g/mol. The Bertz CT molecular complexity index is 1100. The number of imide groups is 1. The lowest BCUT2D eigenvalue weighted by Gasteiger charge is -2.39. The van der Waals surface area contributed by atoms with E-state index in [1.165, 1.54) is 0 Å². The number of carbonyl (C=O) groups excluding carboxylic acids is 2. The van der Waals surface area contributed by atoms with Gasteiger partial charge in [-0.05, 0) is 0 Å². The molecule has 0 radical (unpaired) electrons. The Labute approximate surface area is 249 Å². The molecule has 31 heteroatoms. The molecule has 1 N–H and O–H groups in total. The second-order valence-corrected chi connectivity index (χ2v) is 8.90. The number of hydrogen-bond donors (Lipinski definition) is 1. The minimum Gasteiger partial charge on any atom is -0.449 e. The number of rotatable bonds is 14. The number of halogens is 26. The number of hydrogen-bond acceptors (Lipinski definition) is 4. The zero-order valence-corrected chi connectivity index (χ0v) is 21.8. The standard InChI is InChI=1S/C18H9F26NO4/c19-7(20,9(23,24)11(27,28)13(31,32)15(35,36)17(39,40)41)1-3-48-5(46)45-6(47)49-4-2-8(21,22)10(25,26)12(29,30)14(33,34)16(37,38)18(42,43)44/h1-4H2,(H,45,46,47). The molecule has 0 unspecified atom stereocenters. The fraction of sp³-hybridized carbons (Fsp3) is 0.889. The summed E-state index contributed by atoms with van der Waals surface area (Å²) >= 11 is 0. The first-order chi connectivity index (χ1) is 21.0. The third kappa shape index (κ3) is 7.52. The number of nitrogens with one attached hydrogen (secondary N) is 1. The molecule has 0 bridgehead atoms. The summed E-state index contributed by atoms with van der Waals surface area (Å²) in [6.07, 6.45) is -27.2. The first-order valence-corrected chi connectivity index (χ1v) is 11.0. The van der Waals surface area contributed by atoms with Crippen molar-refractivity contribution in [3.63, 3.8) is 0 Å². The van der Waals surface area contributed by atoms with Gasteiger partial charge in [0.25, 0.3) is 0 Å². The van der Waals surface area contributed by atoms with Crippen molar-refractivity contribution in [1.29, 1.82) is 0 Å². The van der Waals surface area contributed by atoms with Gasteiger partial charge in [-0.3, -0.25) is 0 Å². The predicted molar refractivity (Wildman–Crippen MR) is 96.6 cm³/mol. The van der Waals surface area contributed by atoms with E-state index >= 15 is 0 Å². The molecule has 0 aliphatic heterocycles. The van der Waals surface area contributed by atoms with Gasteiger partial charge >= 0.3 is 83.8 Å². The largest absolute Gasteiger partial charge is 0.460 e. The lowest BCUT2D eigenvalue weighted by atomic mass is 9.93. The van der Waals surface area contributed by atoms with E-state index in [1.807, 2.05) is 0 Å². The smallest absolute Gasteiger partial charge is 0.449 e. The Balaban J connectivity index is 5.49. The monoisotopic (exact) mass is 797 g/mol. The SMILES string of the molecule is O=C(NC(=O)OCCC(F)(F)C(F)(F)C(F)(F)C(F)(F)C(F)(F)C(F)(F)F)OCCC(F)(F)C(F)(F)C(F)(F)C(F)(F)C(F)(F)C(F)(F)F. The van der Waals surface area contributed by atoms with Crippen molar-refractivity contribution in [2.75, 3.05) is 13.2 Å². The van der Waals surface area contributed by atoms with E-state index in [9.17, 15) is 124 Å². The van der Waals surface area contributed by atoms with Gasteiger partial charge < -0.3 is 9.47 Å². The van der Waals surface area contributed by atoms with Crippen molar-refractivity contribution >= 4 is 12.2 Å². The van der Waals surface area contributed by atoms with Crippen molar-refractivity contribution < 1.29 is 133 Å². The highest BCUT2D eigenvalue weighted by molar-refractivity contribution is 5.87. The van der Waals surface area contributed by atoms with Gasteiger partial charge in [0.2, 0.25) is 0 Å². The van der Waals surface area contributed by atoms with E-state index in [4.69, 9.17) is 0 Å². The van der Waals surface area contributed by atoms with Crippen molar-refractivity contribution in [2.45, 2.75) is 84.4 Å². The maximum absolute atomic E-state index is 13.6. The molecule has 0 heterocycles. The molecule has 0 saturated carbocycles. The average molecular weight is 797 g/mol. The van der Waals surface area contributed by atoms with Crippen molar-refractivity contribution in [2.24, 2.45) is 0 Å².